The lowest BCUT2D eigenvalue weighted by molar-refractivity contribution is -0.122. The molecule has 2 aromatic carbocycles. The van der Waals surface area contributed by atoms with E-state index >= 15 is 0 Å². The molecule has 11 heteroatoms. The summed E-state index contributed by atoms with van der Waals surface area (Å²) in [7, 11) is -0.541. The Morgan fingerprint density at radius 1 is 1.15 bits per heavy atom. The molecule has 0 spiro atoms. The van der Waals surface area contributed by atoms with Crippen LogP contribution >= 0.6 is 11.3 Å². The van der Waals surface area contributed by atoms with Crippen LogP contribution in [0.4, 0.5) is 4.39 Å². The van der Waals surface area contributed by atoms with Crippen LogP contribution in [0.15, 0.2) is 52.4 Å². The SMILES string of the molecule is COCCn1c(=NC(=O)C2CCN(S(=O)(=O)c3ccc(OC)cc3)CC2)sc2cc(F)ccc21. The molecule has 1 aliphatic rings. The molecule has 0 bridgehead atoms. The molecule has 1 fully saturated rings. The minimum atomic E-state index is -3.65. The van der Waals surface area contributed by atoms with Crippen LogP contribution in [-0.2, 0) is 26.1 Å². The van der Waals surface area contributed by atoms with Gasteiger partial charge < -0.3 is 14.0 Å². The number of hydrogen-bond donors (Lipinski definition) is 0. The smallest absolute Gasteiger partial charge is 0.251 e. The molecule has 1 saturated heterocycles. The molecule has 2 heterocycles. The number of hydrogen-bond acceptors (Lipinski definition) is 6. The van der Waals surface area contributed by atoms with Gasteiger partial charge in [0.15, 0.2) is 4.80 Å². The molecule has 3 aromatic rings. The van der Waals surface area contributed by atoms with Gasteiger partial charge in [0.25, 0.3) is 5.91 Å². The molecule has 0 atom stereocenters. The van der Waals surface area contributed by atoms with Gasteiger partial charge in [0.2, 0.25) is 10.0 Å². The molecule has 0 aliphatic carbocycles. The zero-order chi connectivity index (χ0) is 24.3. The van der Waals surface area contributed by atoms with Crippen LogP contribution in [0.1, 0.15) is 12.8 Å². The van der Waals surface area contributed by atoms with E-state index in [-0.39, 0.29) is 35.6 Å². The monoisotopic (exact) mass is 507 g/mol. The second-order valence-corrected chi connectivity index (χ2v) is 10.9. The second kappa shape index (κ2) is 10.3. The molecule has 0 saturated carbocycles. The summed E-state index contributed by atoms with van der Waals surface area (Å²) < 4.78 is 53.8. The molecule has 34 heavy (non-hydrogen) atoms. The summed E-state index contributed by atoms with van der Waals surface area (Å²) in [4.78, 5) is 18.0. The number of benzene rings is 2. The normalized spacial score (nSPS) is 16.3. The van der Waals surface area contributed by atoms with E-state index < -0.39 is 10.0 Å². The van der Waals surface area contributed by atoms with Crippen molar-refractivity contribution in [2.24, 2.45) is 10.9 Å². The van der Waals surface area contributed by atoms with E-state index in [0.29, 0.717) is 41.2 Å². The first-order valence-electron chi connectivity index (χ1n) is 10.8. The van der Waals surface area contributed by atoms with Crippen LogP contribution < -0.4 is 9.54 Å². The van der Waals surface area contributed by atoms with Gasteiger partial charge in [0.05, 0.1) is 28.8 Å². The highest BCUT2D eigenvalue weighted by Gasteiger charge is 2.32. The zero-order valence-corrected chi connectivity index (χ0v) is 20.6. The van der Waals surface area contributed by atoms with E-state index in [1.807, 2.05) is 4.57 Å². The molecule has 1 aliphatic heterocycles. The van der Waals surface area contributed by atoms with Crippen molar-refractivity contribution in [2.45, 2.75) is 24.3 Å². The first-order valence-corrected chi connectivity index (χ1v) is 13.1. The molecule has 1 amide bonds. The van der Waals surface area contributed by atoms with Crippen molar-refractivity contribution in [2.75, 3.05) is 33.9 Å². The van der Waals surface area contributed by atoms with Crippen molar-refractivity contribution in [3.63, 3.8) is 0 Å². The summed E-state index contributed by atoms with van der Waals surface area (Å²) in [6, 6.07) is 10.7. The Morgan fingerprint density at radius 2 is 1.85 bits per heavy atom. The highest BCUT2D eigenvalue weighted by Crippen LogP contribution is 2.26. The van der Waals surface area contributed by atoms with Crippen LogP contribution in [0.25, 0.3) is 10.2 Å². The number of nitrogens with zero attached hydrogens (tertiary/aromatic N) is 3. The third kappa shape index (κ3) is 5.07. The number of aromatic nitrogens is 1. The lowest BCUT2D eigenvalue weighted by Crippen LogP contribution is -2.40. The summed E-state index contributed by atoms with van der Waals surface area (Å²) >= 11 is 1.25. The largest absolute Gasteiger partial charge is 0.497 e. The molecular weight excluding hydrogens is 481 g/mol. The molecule has 0 radical (unpaired) electrons. The van der Waals surface area contributed by atoms with E-state index in [0.717, 1.165) is 5.52 Å². The number of carbonyl (C=O) groups is 1. The number of carbonyl (C=O) groups excluding carboxylic acids is 1. The van der Waals surface area contributed by atoms with E-state index in [1.54, 1.807) is 25.3 Å². The van der Waals surface area contributed by atoms with E-state index in [9.17, 15) is 17.6 Å². The molecule has 182 valence electrons. The standard InChI is InChI=1S/C23H26FN3O5S2/c1-31-14-13-27-20-8-3-17(24)15-21(20)33-23(27)25-22(28)16-9-11-26(12-10-16)34(29,30)19-6-4-18(32-2)5-7-19/h3-8,15-16H,9-14H2,1-2H3. The number of thiazole rings is 1. The summed E-state index contributed by atoms with van der Waals surface area (Å²) in [5.74, 6) is -0.438. The third-order valence-electron chi connectivity index (χ3n) is 5.87. The fourth-order valence-corrected chi connectivity index (χ4v) is 6.51. The van der Waals surface area contributed by atoms with Gasteiger partial charge in [-0.05, 0) is 55.3 Å². The van der Waals surface area contributed by atoms with Crippen LogP contribution in [0.2, 0.25) is 0 Å². The Morgan fingerprint density at radius 3 is 2.50 bits per heavy atom. The Hall–Kier alpha value is -2.60. The predicted molar refractivity (Wildman–Crippen MR) is 127 cm³/mol. The molecule has 1 aromatic heterocycles. The van der Waals surface area contributed by atoms with Crippen molar-refractivity contribution in [1.82, 2.24) is 8.87 Å². The van der Waals surface area contributed by atoms with Crippen molar-refractivity contribution in [1.29, 1.82) is 0 Å². The maximum Gasteiger partial charge on any atom is 0.251 e. The summed E-state index contributed by atoms with van der Waals surface area (Å²) in [5.41, 5.74) is 0.787. The lowest BCUT2D eigenvalue weighted by atomic mass is 9.98. The van der Waals surface area contributed by atoms with E-state index in [1.165, 1.54) is 47.0 Å². The quantitative estimate of drug-likeness (QED) is 0.490. The minimum absolute atomic E-state index is 0.194. The Labute approximate surface area is 201 Å². The van der Waals surface area contributed by atoms with Gasteiger partial charge in [-0.2, -0.15) is 9.30 Å². The zero-order valence-electron chi connectivity index (χ0n) is 18.9. The molecule has 4 rings (SSSR count). The highest BCUT2D eigenvalue weighted by molar-refractivity contribution is 7.89. The number of rotatable bonds is 7. The molecule has 0 N–H and O–H groups in total. The number of fused-ring (bicyclic) bond motifs is 1. The first kappa shape index (κ1) is 24.5. The van der Waals surface area contributed by atoms with Gasteiger partial charge in [-0.3, -0.25) is 4.79 Å². The number of amides is 1. The van der Waals surface area contributed by atoms with Crippen LogP contribution in [0.5, 0.6) is 5.75 Å². The van der Waals surface area contributed by atoms with E-state index in [2.05, 4.69) is 4.99 Å². The van der Waals surface area contributed by atoms with Crippen molar-refractivity contribution in [3.05, 3.63) is 53.1 Å². The van der Waals surface area contributed by atoms with Crippen molar-refractivity contribution in [3.8, 4) is 5.75 Å². The van der Waals surface area contributed by atoms with Crippen LogP contribution in [-0.4, -0.2) is 57.1 Å². The van der Waals surface area contributed by atoms with Gasteiger partial charge in [-0.25, -0.2) is 12.8 Å². The summed E-state index contributed by atoms with van der Waals surface area (Å²) in [6.45, 7) is 1.38. The number of sulfonamides is 1. The maximum absolute atomic E-state index is 13.7. The van der Waals surface area contributed by atoms with E-state index in [4.69, 9.17) is 9.47 Å². The van der Waals surface area contributed by atoms with Crippen LogP contribution in [0, 0.1) is 11.7 Å². The number of piperidine rings is 1. The first-order chi connectivity index (χ1) is 16.3. The maximum atomic E-state index is 13.7. The van der Waals surface area contributed by atoms with Gasteiger partial charge >= 0.3 is 0 Å². The minimum Gasteiger partial charge on any atom is -0.497 e. The third-order valence-corrected chi connectivity index (χ3v) is 8.82. The molecular formula is C23H26FN3O5S2. The second-order valence-electron chi connectivity index (χ2n) is 7.95. The average molecular weight is 508 g/mol. The van der Waals surface area contributed by atoms with Gasteiger partial charge in [-0.1, -0.05) is 11.3 Å². The summed E-state index contributed by atoms with van der Waals surface area (Å²) in [5, 5.41) is 0. The fraction of sp³-hybridized carbons (Fsp3) is 0.391. The lowest BCUT2D eigenvalue weighted by Gasteiger charge is -2.29. The summed E-state index contributed by atoms with van der Waals surface area (Å²) in [6.07, 6.45) is 0.768. The Bertz CT molecular complexity index is 1340. The van der Waals surface area contributed by atoms with Gasteiger partial charge in [-0.15, -0.1) is 0 Å². The van der Waals surface area contributed by atoms with Crippen molar-refractivity contribution < 1.29 is 27.1 Å². The Kier molecular flexibility index (Phi) is 7.46. The van der Waals surface area contributed by atoms with Crippen LogP contribution in [0.3, 0.4) is 0 Å². The topological polar surface area (TPSA) is 90.2 Å². The number of ether oxygens (including phenoxy) is 2. The average Bonchev–Trinajstić information content (AvgIpc) is 3.18. The Balaban J connectivity index is 1.51. The highest BCUT2D eigenvalue weighted by atomic mass is 32.2. The predicted octanol–water partition coefficient (Wildman–Crippen LogP) is 3.03. The number of halogens is 1. The van der Waals surface area contributed by atoms with Gasteiger partial charge in [0, 0.05) is 32.7 Å². The fourth-order valence-electron chi connectivity index (χ4n) is 3.96. The number of methoxy groups -OCH3 is 2. The molecule has 0 unspecified atom stereocenters. The molecule has 8 nitrogen and oxygen atoms in total. The van der Waals surface area contributed by atoms with Gasteiger partial charge in [0.1, 0.15) is 11.6 Å². The van der Waals surface area contributed by atoms with Crippen molar-refractivity contribution >= 4 is 37.5 Å².